The first kappa shape index (κ1) is 18.4. The number of phenols is 1. The summed E-state index contributed by atoms with van der Waals surface area (Å²) >= 11 is 1.20. The van der Waals surface area contributed by atoms with Crippen molar-refractivity contribution in [2.45, 2.75) is 5.16 Å². The molecule has 138 valence electrons. The van der Waals surface area contributed by atoms with Crippen molar-refractivity contribution < 1.29 is 14.8 Å². The van der Waals surface area contributed by atoms with E-state index in [1.807, 2.05) is 0 Å². The quantitative estimate of drug-likeness (QED) is 0.380. The van der Waals surface area contributed by atoms with E-state index in [1.165, 1.54) is 30.0 Å². The third-order valence-corrected chi connectivity index (χ3v) is 4.65. The van der Waals surface area contributed by atoms with Crippen LogP contribution in [0, 0.1) is 10.1 Å². The summed E-state index contributed by atoms with van der Waals surface area (Å²) in [5.74, 6) is 0.532. The number of amides is 1. The fraction of sp³-hybridized carbons (Fsp3) is 0.118. The maximum absolute atomic E-state index is 12.1. The lowest BCUT2D eigenvalue weighted by Crippen LogP contribution is -2.14. The van der Waals surface area contributed by atoms with Crippen LogP contribution in [-0.2, 0) is 11.8 Å². The molecule has 3 rings (SSSR count). The highest BCUT2D eigenvalue weighted by Crippen LogP contribution is 2.24. The number of anilines is 1. The lowest BCUT2D eigenvalue weighted by molar-refractivity contribution is -0.384. The van der Waals surface area contributed by atoms with Crippen LogP contribution in [0.25, 0.3) is 11.4 Å². The van der Waals surface area contributed by atoms with Crippen molar-refractivity contribution in [3.05, 3.63) is 58.6 Å². The van der Waals surface area contributed by atoms with E-state index in [0.29, 0.717) is 16.7 Å². The number of rotatable bonds is 6. The first-order chi connectivity index (χ1) is 12.9. The lowest BCUT2D eigenvalue weighted by Gasteiger charge is -2.06. The van der Waals surface area contributed by atoms with Crippen LogP contribution in [0.3, 0.4) is 0 Å². The van der Waals surface area contributed by atoms with Crippen LogP contribution in [0.5, 0.6) is 5.75 Å². The first-order valence-corrected chi connectivity index (χ1v) is 8.78. The topological polar surface area (TPSA) is 123 Å². The van der Waals surface area contributed by atoms with Crippen molar-refractivity contribution in [1.29, 1.82) is 0 Å². The number of aromatic nitrogens is 3. The molecule has 0 aliphatic carbocycles. The fourth-order valence-electron chi connectivity index (χ4n) is 2.33. The zero-order valence-corrected chi connectivity index (χ0v) is 15.0. The van der Waals surface area contributed by atoms with Gasteiger partial charge >= 0.3 is 0 Å². The van der Waals surface area contributed by atoms with Crippen LogP contribution in [0.4, 0.5) is 11.4 Å². The zero-order valence-electron chi connectivity index (χ0n) is 14.2. The van der Waals surface area contributed by atoms with Crippen molar-refractivity contribution in [2.24, 2.45) is 7.05 Å². The smallest absolute Gasteiger partial charge is 0.271 e. The summed E-state index contributed by atoms with van der Waals surface area (Å²) < 4.78 is 1.75. The lowest BCUT2D eigenvalue weighted by atomic mass is 10.2. The Morgan fingerprint density at radius 1 is 1.26 bits per heavy atom. The first-order valence-electron chi connectivity index (χ1n) is 7.80. The molecule has 1 amide bonds. The summed E-state index contributed by atoms with van der Waals surface area (Å²) in [7, 11) is 1.78. The number of benzene rings is 2. The average Bonchev–Trinajstić information content (AvgIpc) is 3.01. The fourth-order valence-corrected chi connectivity index (χ4v) is 3.04. The molecule has 0 saturated heterocycles. The number of nitro benzene ring substituents is 1. The number of hydrogen-bond donors (Lipinski definition) is 2. The highest BCUT2D eigenvalue weighted by molar-refractivity contribution is 7.99. The summed E-state index contributed by atoms with van der Waals surface area (Å²) in [6.07, 6.45) is 0. The Morgan fingerprint density at radius 2 is 2.00 bits per heavy atom. The highest BCUT2D eigenvalue weighted by Gasteiger charge is 2.14. The summed E-state index contributed by atoms with van der Waals surface area (Å²) in [4.78, 5) is 22.4. The number of aromatic hydroxyl groups is 1. The standard InChI is InChI=1S/C17H15N5O4S/c1-21-16(11-5-7-14(23)8-6-11)19-20-17(21)27-10-15(24)18-12-3-2-4-13(9-12)22(25)26/h2-9,23H,10H2,1H3,(H,18,24). The van der Waals surface area contributed by atoms with Gasteiger partial charge in [0.15, 0.2) is 11.0 Å². The summed E-state index contributed by atoms with van der Waals surface area (Å²) in [6.45, 7) is 0. The van der Waals surface area contributed by atoms with Crippen LogP contribution in [0.2, 0.25) is 0 Å². The van der Waals surface area contributed by atoms with Crippen LogP contribution in [-0.4, -0.2) is 36.5 Å². The minimum Gasteiger partial charge on any atom is -0.508 e. The molecule has 2 N–H and O–H groups in total. The molecule has 10 heteroatoms. The van der Waals surface area contributed by atoms with E-state index in [0.717, 1.165) is 5.56 Å². The molecule has 9 nitrogen and oxygen atoms in total. The predicted molar refractivity (Wildman–Crippen MR) is 101 cm³/mol. The van der Waals surface area contributed by atoms with Crippen LogP contribution in [0.15, 0.2) is 53.7 Å². The molecule has 1 aromatic heterocycles. The number of nitrogens with one attached hydrogen (secondary N) is 1. The van der Waals surface area contributed by atoms with Crippen molar-refractivity contribution >= 4 is 29.0 Å². The monoisotopic (exact) mass is 385 g/mol. The van der Waals surface area contributed by atoms with E-state index < -0.39 is 4.92 Å². The SMILES string of the molecule is Cn1c(SCC(=O)Nc2cccc([N+](=O)[O-])c2)nnc1-c1ccc(O)cc1. The largest absolute Gasteiger partial charge is 0.508 e. The van der Waals surface area contributed by atoms with Gasteiger partial charge in [0, 0.05) is 30.4 Å². The van der Waals surface area contributed by atoms with Crippen molar-refractivity contribution in [2.75, 3.05) is 11.1 Å². The van der Waals surface area contributed by atoms with Gasteiger partial charge in [0.2, 0.25) is 5.91 Å². The van der Waals surface area contributed by atoms with E-state index in [2.05, 4.69) is 15.5 Å². The molecule has 0 fully saturated rings. The Kier molecular flexibility index (Phi) is 5.36. The molecule has 0 atom stereocenters. The average molecular weight is 385 g/mol. The van der Waals surface area contributed by atoms with Gasteiger partial charge in [0.05, 0.1) is 10.7 Å². The Hall–Kier alpha value is -3.40. The Morgan fingerprint density at radius 3 is 2.70 bits per heavy atom. The molecule has 1 heterocycles. The van der Waals surface area contributed by atoms with Gasteiger partial charge in [-0.25, -0.2) is 0 Å². The summed E-state index contributed by atoms with van der Waals surface area (Å²) in [5, 5.41) is 31.5. The van der Waals surface area contributed by atoms with Gasteiger partial charge in [0.25, 0.3) is 5.69 Å². The van der Waals surface area contributed by atoms with E-state index in [1.54, 1.807) is 41.9 Å². The summed E-state index contributed by atoms with van der Waals surface area (Å²) in [6, 6.07) is 12.3. The normalized spacial score (nSPS) is 10.6. The molecule has 0 aliphatic heterocycles. The molecular weight excluding hydrogens is 370 g/mol. The third kappa shape index (κ3) is 4.42. The number of nitrogens with zero attached hydrogens (tertiary/aromatic N) is 4. The van der Waals surface area contributed by atoms with Gasteiger partial charge in [-0.3, -0.25) is 14.9 Å². The number of nitro groups is 1. The third-order valence-electron chi connectivity index (χ3n) is 3.63. The molecule has 0 aliphatic rings. The van der Waals surface area contributed by atoms with Gasteiger partial charge < -0.3 is 15.0 Å². The number of carbonyl (C=O) groups excluding carboxylic acids is 1. The molecule has 0 radical (unpaired) electrons. The predicted octanol–water partition coefficient (Wildman–Crippen LogP) is 2.83. The highest BCUT2D eigenvalue weighted by atomic mass is 32.2. The molecule has 0 spiro atoms. The van der Waals surface area contributed by atoms with Gasteiger partial charge in [-0.05, 0) is 30.3 Å². The van der Waals surface area contributed by atoms with E-state index in [4.69, 9.17) is 0 Å². The van der Waals surface area contributed by atoms with E-state index in [-0.39, 0.29) is 23.1 Å². The summed E-state index contributed by atoms with van der Waals surface area (Å²) in [5.41, 5.74) is 1.06. The maximum atomic E-state index is 12.1. The van der Waals surface area contributed by atoms with Gasteiger partial charge in [-0.2, -0.15) is 0 Å². The molecule has 0 unspecified atom stereocenters. The Labute approximate surface area is 158 Å². The number of carbonyl (C=O) groups is 1. The number of hydrogen-bond acceptors (Lipinski definition) is 7. The molecule has 0 bridgehead atoms. The molecule has 0 saturated carbocycles. The molecule has 27 heavy (non-hydrogen) atoms. The second-order valence-electron chi connectivity index (χ2n) is 5.56. The van der Waals surface area contributed by atoms with E-state index in [9.17, 15) is 20.0 Å². The Bertz CT molecular complexity index is 987. The van der Waals surface area contributed by atoms with Gasteiger partial charge in [-0.1, -0.05) is 17.8 Å². The maximum Gasteiger partial charge on any atom is 0.271 e. The van der Waals surface area contributed by atoms with Crippen LogP contribution >= 0.6 is 11.8 Å². The second kappa shape index (κ2) is 7.87. The minimum atomic E-state index is -0.519. The molecule has 2 aromatic carbocycles. The van der Waals surface area contributed by atoms with E-state index >= 15 is 0 Å². The van der Waals surface area contributed by atoms with Gasteiger partial charge in [-0.15, -0.1) is 10.2 Å². The Balaban J connectivity index is 1.63. The second-order valence-corrected chi connectivity index (χ2v) is 6.50. The minimum absolute atomic E-state index is 0.0737. The zero-order chi connectivity index (χ0) is 19.4. The number of thioether (sulfide) groups is 1. The number of non-ortho nitro benzene ring substituents is 1. The molecule has 3 aromatic rings. The van der Waals surface area contributed by atoms with Crippen LogP contribution < -0.4 is 5.32 Å². The van der Waals surface area contributed by atoms with Crippen LogP contribution in [0.1, 0.15) is 0 Å². The number of phenolic OH excluding ortho intramolecular Hbond substituents is 1. The van der Waals surface area contributed by atoms with Crippen molar-refractivity contribution in [3.63, 3.8) is 0 Å². The van der Waals surface area contributed by atoms with Gasteiger partial charge in [0.1, 0.15) is 5.75 Å². The molecular formula is C17H15N5O4S. The van der Waals surface area contributed by atoms with Crippen molar-refractivity contribution in [3.8, 4) is 17.1 Å². The van der Waals surface area contributed by atoms with Crippen molar-refractivity contribution in [1.82, 2.24) is 14.8 Å².